The minimum Gasteiger partial charge on any atom is -0.383 e. The number of aliphatic hydroxyl groups is 1. The molecule has 0 spiro atoms. The molecule has 0 radical (unpaired) electrons. The maximum absolute atomic E-state index is 12.0. The summed E-state index contributed by atoms with van der Waals surface area (Å²) in [5.41, 5.74) is 1.24. The van der Waals surface area contributed by atoms with E-state index in [1.807, 2.05) is 13.8 Å². The van der Waals surface area contributed by atoms with Gasteiger partial charge in [0, 0.05) is 37.3 Å². The number of aromatic nitrogens is 3. The van der Waals surface area contributed by atoms with Gasteiger partial charge in [-0.15, -0.1) is 0 Å². The highest BCUT2D eigenvalue weighted by atomic mass is 16.5. The topological polar surface area (TPSA) is 105 Å². The van der Waals surface area contributed by atoms with Gasteiger partial charge in [-0.25, -0.2) is 4.79 Å². The molecule has 0 saturated heterocycles. The first-order valence-corrected chi connectivity index (χ1v) is 8.06. The Bertz CT molecular complexity index is 668. The van der Waals surface area contributed by atoms with Crippen molar-refractivity contribution in [1.82, 2.24) is 25.6 Å². The molecule has 0 aromatic carbocycles. The fourth-order valence-electron chi connectivity index (χ4n) is 2.42. The van der Waals surface area contributed by atoms with E-state index < -0.39 is 5.60 Å². The highest BCUT2D eigenvalue weighted by Crippen LogP contribution is 2.18. The van der Waals surface area contributed by atoms with Crippen LogP contribution in [0.3, 0.4) is 0 Å². The molecule has 0 saturated carbocycles. The van der Waals surface area contributed by atoms with Crippen LogP contribution in [0.4, 0.5) is 4.79 Å². The lowest BCUT2D eigenvalue weighted by atomic mass is 10.00. The number of aryl methyl sites for hydroxylation is 3. The number of carbonyl (C=O) groups is 1. The predicted molar refractivity (Wildman–Crippen MR) is 88.3 cm³/mol. The number of amides is 2. The molecule has 0 aliphatic carbocycles. The fraction of sp³-hybridized carbons (Fsp3) is 0.562. The van der Waals surface area contributed by atoms with Crippen LogP contribution in [0.5, 0.6) is 0 Å². The third-order valence-corrected chi connectivity index (χ3v) is 3.95. The van der Waals surface area contributed by atoms with Crippen molar-refractivity contribution in [3.63, 3.8) is 0 Å². The summed E-state index contributed by atoms with van der Waals surface area (Å²) in [7, 11) is 1.77. The second-order valence-corrected chi connectivity index (χ2v) is 5.95. The van der Waals surface area contributed by atoms with Crippen molar-refractivity contribution < 1.29 is 14.4 Å². The average Bonchev–Trinajstić information content (AvgIpc) is 3.16. The molecular formula is C16H25N5O3. The van der Waals surface area contributed by atoms with Crippen LogP contribution in [-0.4, -0.2) is 32.6 Å². The first-order chi connectivity index (χ1) is 11.4. The normalized spacial score (nSPS) is 13.5. The molecule has 8 heteroatoms. The van der Waals surface area contributed by atoms with Crippen LogP contribution in [0, 0.1) is 0 Å². The summed E-state index contributed by atoms with van der Waals surface area (Å²) in [6, 6.07) is -0.357. The van der Waals surface area contributed by atoms with Crippen molar-refractivity contribution >= 4 is 6.03 Å². The summed E-state index contributed by atoms with van der Waals surface area (Å²) in [5, 5.41) is 23.9. The van der Waals surface area contributed by atoms with Crippen molar-refractivity contribution in [3.05, 3.63) is 35.0 Å². The largest absolute Gasteiger partial charge is 0.383 e. The monoisotopic (exact) mass is 335 g/mol. The minimum absolute atomic E-state index is 0.0788. The summed E-state index contributed by atoms with van der Waals surface area (Å²) in [6.45, 7) is 6.03. The Morgan fingerprint density at radius 2 is 2.12 bits per heavy atom. The summed E-state index contributed by atoms with van der Waals surface area (Å²) < 4.78 is 6.88. The Hall–Kier alpha value is -2.35. The van der Waals surface area contributed by atoms with Crippen LogP contribution < -0.4 is 10.6 Å². The van der Waals surface area contributed by atoms with Gasteiger partial charge in [-0.1, -0.05) is 19.0 Å². The number of rotatable bonds is 7. The lowest BCUT2D eigenvalue weighted by molar-refractivity contribution is 0.0593. The van der Waals surface area contributed by atoms with Crippen molar-refractivity contribution in [2.75, 3.05) is 6.54 Å². The zero-order valence-corrected chi connectivity index (χ0v) is 14.6. The molecule has 1 atom stereocenters. The van der Waals surface area contributed by atoms with Crippen LogP contribution in [-0.2, 0) is 32.0 Å². The van der Waals surface area contributed by atoms with Crippen molar-refractivity contribution in [1.29, 1.82) is 0 Å². The lowest BCUT2D eigenvalue weighted by Gasteiger charge is -2.22. The molecule has 8 nitrogen and oxygen atoms in total. The van der Waals surface area contributed by atoms with E-state index in [2.05, 4.69) is 20.9 Å². The standard InChI is InChI=1S/C16H25N5O3/c1-5-13-12(14(6-2)24-20-13)8-17-15(22)18-10-16(3,23)11-7-19-21(4)9-11/h7,9,23H,5-6,8,10H2,1-4H3,(H2,17,18,22). The second kappa shape index (κ2) is 7.48. The van der Waals surface area contributed by atoms with Crippen LogP contribution >= 0.6 is 0 Å². The molecule has 3 N–H and O–H groups in total. The molecule has 0 aliphatic rings. The minimum atomic E-state index is -1.19. The molecule has 2 aromatic rings. The van der Waals surface area contributed by atoms with Gasteiger partial charge < -0.3 is 20.3 Å². The molecule has 132 valence electrons. The van der Waals surface area contributed by atoms with Crippen molar-refractivity contribution in [2.24, 2.45) is 7.05 Å². The molecule has 1 unspecified atom stereocenters. The zero-order chi connectivity index (χ0) is 17.7. The second-order valence-electron chi connectivity index (χ2n) is 5.95. The fourth-order valence-corrected chi connectivity index (χ4v) is 2.42. The van der Waals surface area contributed by atoms with Gasteiger partial charge in [0.15, 0.2) is 0 Å². The Labute approximate surface area is 141 Å². The van der Waals surface area contributed by atoms with Gasteiger partial charge in [0.05, 0.1) is 18.4 Å². The molecule has 2 heterocycles. The number of nitrogens with one attached hydrogen (secondary N) is 2. The van der Waals surface area contributed by atoms with Gasteiger partial charge in [0.25, 0.3) is 0 Å². The van der Waals surface area contributed by atoms with E-state index in [0.29, 0.717) is 12.1 Å². The van der Waals surface area contributed by atoms with Gasteiger partial charge in [0.1, 0.15) is 11.4 Å². The van der Waals surface area contributed by atoms with Gasteiger partial charge >= 0.3 is 6.03 Å². The Kier molecular flexibility index (Phi) is 5.61. The third-order valence-electron chi connectivity index (χ3n) is 3.95. The highest BCUT2D eigenvalue weighted by Gasteiger charge is 2.25. The number of carbonyl (C=O) groups excluding carboxylic acids is 1. The van der Waals surface area contributed by atoms with E-state index in [1.54, 1.807) is 31.0 Å². The molecular weight excluding hydrogens is 310 g/mol. The number of urea groups is 1. The molecule has 0 aliphatic heterocycles. The Balaban J connectivity index is 1.89. The van der Waals surface area contributed by atoms with E-state index >= 15 is 0 Å². The Morgan fingerprint density at radius 1 is 1.38 bits per heavy atom. The molecule has 0 bridgehead atoms. The Morgan fingerprint density at radius 3 is 2.71 bits per heavy atom. The summed E-state index contributed by atoms with van der Waals surface area (Å²) in [5.74, 6) is 0.787. The summed E-state index contributed by atoms with van der Waals surface area (Å²) in [6.07, 6.45) is 4.77. The SMILES string of the molecule is CCc1noc(CC)c1CNC(=O)NCC(C)(O)c1cnn(C)c1. The molecule has 2 amide bonds. The average molecular weight is 335 g/mol. The van der Waals surface area contributed by atoms with Crippen molar-refractivity contribution in [3.8, 4) is 0 Å². The van der Waals surface area contributed by atoms with E-state index in [-0.39, 0.29) is 12.6 Å². The van der Waals surface area contributed by atoms with Crippen LogP contribution in [0.2, 0.25) is 0 Å². The predicted octanol–water partition coefficient (Wildman–Crippen LogP) is 1.24. The van der Waals surface area contributed by atoms with Crippen molar-refractivity contribution in [2.45, 2.75) is 45.8 Å². The summed E-state index contributed by atoms with van der Waals surface area (Å²) >= 11 is 0. The molecule has 0 fully saturated rings. The van der Waals surface area contributed by atoms with Gasteiger partial charge in [0.2, 0.25) is 0 Å². The molecule has 2 rings (SSSR count). The number of nitrogens with zero attached hydrogens (tertiary/aromatic N) is 3. The maximum Gasteiger partial charge on any atom is 0.315 e. The van der Waals surface area contributed by atoms with E-state index in [4.69, 9.17) is 4.52 Å². The maximum atomic E-state index is 12.0. The smallest absolute Gasteiger partial charge is 0.315 e. The first-order valence-electron chi connectivity index (χ1n) is 8.06. The highest BCUT2D eigenvalue weighted by molar-refractivity contribution is 5.74. The lowest BCUT2D eigenvalue weighted by Crippen LogP contribution is -2.43. The number of hydrogen-bond donors (Lipinski definition) is 3. The van der Waals surface area contributed by atoms with E-state index in [0.717, 1.165) is 29.9 Å². The van der Waals surface area contributed by atoms with Crippen LogP contribution in [0.15, 0.2) is 16.9 Å². The number of hydrogen-bond acceptors (Lipinski definition) is 5. The molecule has 24 heavy (non-hydrogen) atoms. The third kappa shape index (κ3) is 4.14. The summed E-state index contributed by atoms with van der Waals surface area (Å²) in [4.78, 5) is 12.0. The van der Waals surface area contributed by atoms with E-state index in [1.165, 1.54) is 0 Å². The van der Waals surface area contributed by atoms with Crippen LogP contribution in [0.1, 0.15) is 43.4 Å². The quantitative estimate of drug-likeness (QED) is 0.706. The molecule has 2 aromatic heterocycles. The van der Waals surface area contributed by atoms with Gasteiger partial charge in [-0.05, 0) is 13.3 Å². The first kappa shape index (κ1) is 18.0. The van der Waals surface area contributed by atoms with Gasteiger partial charge in [-0.2, -0.15) is 5.10 Å². The van der Waals surface area contributed by atoms with Crippen LogP contribution in [0.25, 0.3) is 0 Å². The van der Waals surface area contributed by atoms with Gasteiger partial charge in [-0.3, -0.25) is 4.68 Å². The van der Waals surface area contributed by atoms with E-state index in [9.17, 15) is 9.90 Å². The zero-order valence-electron chi connectivity index (χ0n) is 14.6.